The molecule has 0 unspecified atom stereocenters. The van der Waals surface area contributed by atoms with Crippen molar-refractivity contribution in [1.29, 1.82) is 0 Å². The van der Waals surface area contributed by atoms with Crippen LogP contribution < -0.4 is 0 Å². The van der Waals surface area contributed by atoms with E-state index in [-0.39, 0.29) is 0 Å². The summed E-state index contributed by atoms with van der Waals surface area (Å²) in [6.45, 7) is 13.5. The molecule has 1 heteroatoms. The molecule has 0 saturated carbocycles. The van der Waals surface area contributed by atoms with Gasteiger partial charge in [-0.1, -0.05) is 49.2 Å². The zero-order valence-corrected chi connectivity index (χ0v) is 11.6. The van der Waals surface area contributed by atoms with Gasteiger partial charge in [0, 0.05) is 6.61 Å². The van der Waals surface area contributed by atoms with Crippen LogP contribution in [0, 0.1) is 19.8 Å². The van der Waals surface area contributed by atoms with Gasteiger partial charge in [0.15, 0.2) is 0 Å². The SMILES string of the molecule is CC(C)COC(C)C.Cc1ccc(C)cc1. The molecular formula is C15H26O. The Morgan fingerprint density at radius 3 is 1.44 bits per heavy atom. The molecule has 0 aromatic heterocycles. The van der Waals surface area contributed by atoms with Gasteiger partial charge in [0.25, 0.3) is 0 Å². The number of hydrogen-bond donors (Lipinski definition) is 0. The largest absolute Gasteiger partial charge is 0.379 e. The Balaban J connectivity index is 0.000000281. The molecule has 0 amide bonds. The van der Waals surface area contributed by atoms with Gasteiger partial charge in [-0.05, 0) is 33.6 Å². The Kier molecular flexibility index (Phi) is 7.92. The Morgan fingerprint density at radius 1 is 0.875 bits per heavy atom. The number of benzene rings is 1. The van der Waals surface area contributed by atoms with E-state index in [1.165, 1.54) is 11.1 Å². The Morgan fingerprint density at radius 2 is 1.25 bits per heavy atom. The molecule has 1 nitrogen and oxygen atoms in total. The topological polar surface area (TPSA) is 9.23 Å². The molecule has 1 aromatic rings. The quantitative estimate of drug-likeness (QED) is 0.738. The summed E-state index contributed by atoms with van der Waals surface area (Å²) in [7, 11) is 0. The second-order valence-corrected chi connectivity index (χ2v) is 4.93. The minimum atomic E-state index is 0.386. The van der Waals surface area contributed by atoms with E-state index in [0.29, 0.717) is 12.0 Å². The molecule has 0 N–H and O–H groups in total. The van der Waals surface area contributed by atoms with Gasteiger partial charge in [-0.3, -0.25) is 0 Å². The summed E-state index contributed by atoms with van der Waals surface area (Å²) in [5.41, 5.74) is 2.66. The zero-order chi connectivity index (χ0) is 12.6. The minimum absolute atomic E-state index is 0.386. The lowest BCUT2D eigenvalue weighted by molar-refractivity contribution is 0.0593. The Labute approximate surface area is 101 Å². The van der Waals surface area contributed by atoms with Crippen LogP contribution in [0.2, 0.25) is 0 Å². The van der Waals surface area contributed by atoms with Crippen molar-refractivity contribution in [2.24, 2.45) is 5.92 Å². The summed E-state index contributed by atoms with van der Waals surface area (Å²) in [5.74, 6) is 0.664. The fourth-order valence-electron chi connectivity index (χ4n) is 1.02. The van der Waals surface area contributed by atoms with Crippen molar-refractivity contribution in [3.8, 4) is 0 Å². The molecule has 0 aliphatic carbocycles. The number of hydrogen-bond acceptors (Lipinski definition) is 1. The molecule has 16 heavy (non-hydrogen) atoms. The normalized spacial score (nSPS) is 10.2. The lowest BCUT2D eigenvalue weighted by Crippen LogP contribution is -2.08. The summed E-state index contributed by atoms with van der Waals surface area (Å²) in [5, 5.41) is 0. The molecular weight excluding hydrogens is 196 g/mol. The molecule has 1 aromatic carbocycles. The second kappa shape index (κ2) is 8.35. The third-order valence-electron chi connectivity index (χ3n) is 1.98. The standard InChI is InChI=1S/C8H10.C7H16O/c1-7-3-5-8(2)6-4-7;1-6(2)5-8-7(3)4/h3-6H,1-2H3;6-7H,5H2,1-4H3. The van der Waals surface area contributed by atoms with Crippen LogP contribution in [0.1, 0.15) is 38.8 Å². The lowest BCUT2D eigenvalue weighted by atomic mass is 10.2. The highest BCUT2D eigenvalue weighted by Crippen LogP contribution is 1.99. The molecule has 0 radical (unpaired) electrons. The van der Waals surface area contributed by atoms with E-state index in [4.69, 9.17) is 4.74 Å². The highest BCUT2D eigenvalue weighted by molar-refractivity contribution is 5.19. The number of ether oxygens (including phenoxy) is 1. The van der Waals surface area contributed by atoms with E-state index in [1.54, 1.807) is 0 Å². The first-order valence-corrected chi connectivity index (χ1v) is 6.06. The third-order valence-corrected chi connectivity index (χ3v) is 1.98. The minimum Gasteiger partial charge on any atom is -0.379 e. The van der Waals surface area contributed by atoms with Crippen molar-refractivity contribution in [2.45, 2.75) is 47.6 Å². The van der Waals surface area contributed by atoms with Crippen LogP contribution in [0.5, 0.6) is 0 Å². The Bertz CT molecular complexity index is 230. The summed E-state index contributed by atoms with van der Waals surface area (Å²) in [6, 6.07) is 8.48. The first-order valence-electron chi connectivity index (χ1n) is 6.06. The van der Waals surface area contributed by atoms with Crippen LogP contribution in [-0.2, 0) is 4.74 Å². The Hall–Kier alpha value is -0.820. The molecule has 0 aliphatic rings. The van der Waals surface area contributed by atoms with Crippen molar-refractivity contribution in [1.82, 2.24) is 0 Å². The van der Waals surface area contributed by atoms with Gasteiger partial charge in [0.2, 0.25) is 0 Å². The molecule has 0 spiro atoms. The molecule has 0 fully saturated rings. The maximum absolute atomic E-state index is 5.30. The van der Waals surface area contributed by atoms with E-state index in [9.17, 15) is 0 Å². The summed E-state index contributed by atoms with van der Waals surface area (Å²) in [6.07, 6.45) is 0.386. The average Bonchev–Trinajstić information content (AvgIpc) is 2.20. The fraction of sp³-hybridized carbons (Fsp3) is 0.600. The van der Waals surface area contributed by atoms with Gasteiger partial charge in [-0.15, -0.1) is 0 Å². The van der Waals surface area contributed by atoms with E-state index in [0.717, 1.165) is 6.61 Å². The summed E-state index contributed by atoms with van der Waals surface area (Å²) < 4.78 is 5.30. The molecule has 0 bridgehead atoms. The van der Waals surface area contributed by atoms with Gasteiger partial charge in [-0.2, -0.15) is 0 Å². The van der Waals surface area contributed by atoms with Gasteiger partial charge in [0.1, 0.15) is 0 Å². The molecule has 92 valence electrons. The van der Waals surface area contributed by atoms with Crippen molar-refractivity contribution in [2.75, 3.05) is 6.61 Å². The van der Waals surface area contributed by atoms with E-state index < -0.39 is 0 Å². The van der Waals surface area contributed by atoms with Crippen LogP contribution in [0.15, 0.2) is 24.3 Å². The zero-order valence-electron chi connectivity index (χ0n) is 11.6. The third kappa shape index (κ3) is 9.72. The smallest absolute Gasteiger partial charge is 0.0518 e. The highest BCUT2D eigenvalue weighted by atomic mass is 16.5. The van der Waals surface area contributed by atoms with Crippen molar-refractivity contribution < 1.29 is 4.74 Å². The van der Waals surface area contributed by atoms with Crippen molar-refractivity contribution >= 4 is 0 Å². The lowest BCUT2D eigenvalue weighted by Gasteiger charge is -2.08. The average molecular weight is 222 g/mol. The van der Waals surface area contributed by atoms with E-state index in [1.807, 2.05) is 0 Å². The summed E-state index contributed by atoms with van der Waals surface area (Å²) >= 11 is 0. The van der Waals surface area contributed by atoms with Crippen LogP contribution in [0.25, 0.3) is 0 Å². The summed E-state index contributed by atoms with van der Waals surface area (Å²) in [4.78, 5) is 0. The van der Waals surface area contributed by atoms with Crippen LogP contribution in [0.4, 0.5) is 0 Å². The monoisotopic (exact) mass is 222 g/mol. The predicted octanol–water partition coefficient (Wildman–Crippen LogP) is 4.37. The van der Waals surface area contributed by atoms with E-state index >= 15 is 0 Å². The maximum atomic E-state index is 5.30. The first kappa shape index (κ1) is 15.2. The molecule has 0 aliphatic heterocycles. The van der Waals surface area contributed by atoms with Crippen LogP contribution in [-0.4, -0.2) is 12.7 Å². The van der Waals surface area contributed by atoms with Crippen molar-refractivity contribution in [3.05, 3.63) is 35.4 Å². The van der Waals surface area contributed by atoms with Crippen LogP contribution in [0.3, 0.4) is 0 Å². The molecule has 0 atom stereocenters. The van der Waals surface area contributed by atoms with E-state index in [2.05, 4.69) is 65.8 Å². The van der Waals surface area contributed by atoms with Gasteiger partial charge < -0.3 is 4.74 Å². The van der Waals surface area contributed by atoms with Crippen LogP contribution >= 0.6 is 0 Å². The van der Waals surface area contributed by atoms with Crippen molar-refractivity contribution in [3.63, 3.8) is 0 Å². The molecule has 0 heterocycles. The molecule has 0 saturated heterocycles. The maximum Gasteiger partial charge on any atom is 0.0518 e. The van der Waals surface area contributed by atoms with Gasteiger partial charge in [0.05, 0.1) is 6.10 Å². The molecule has 1 rings (SSSR count). The number of aryl methyl sites for hydroxylation is 2. The second-order valence-electron chi connectivity index (χ2n) is 4.93. The van der Waals surface area contributed by atoms with Gasteiger partial charge in [-0.25, -0.2) is 0 Å². The highest BCUT2D eigenvalue weighted by Gasteiger charge is 1.94. The first-order chi connectivity index (χ1) is 7.41. The van der Waals surface area contributed by atoms with Gasteiger partial charge >= 0.3 is 0 Å². The number of rotatable bonds is 3. The predicted molar refractivity (Wildman–Crippen MR) is 71.8 cm³/mol. The fourth-order valence-corrected chi connectivity index (χ4v) is 1.02.